The third-order valence-corrected chi connectivity index (χ3v) is 12.5. The molecule has 0 N–H and O–H groups in total. The molecule has 12 rings (SSSR count). The molecule has 0 unspecified atom stereocenters. The number of hydrogen-bond acceptors (Lipinski definition) is 5. The highest BCUT2D eigenvalue weighted by Crippen LogP contribution is 2.44. The quantitative estimate of drug-likeness (QED) is 0.175. The number of nitrogens with zero attached hydrogens (tertiary/aromatic N) is 3. The Morgan fingerprint density at radius 3 is 1.86 bits per heavy atom. The molecule has 4 nitrogen and oxygen atoms in total. The van der Waals surface area contributed by atoms with Crippen molar-refractivity contribution < 1.29 is 4.42 Å². The van der Waals surface area contributed by atoms with Gasteiger partial charge in [-0.05, 0) is 52.2 Å². The van der Waals surface area contributed by atoms with E-state index < -0.39 is 0 Å². The van der Waals surface area contributed by atoms with Crippen molar-refractivity contribution in [3.8, 4) is 56.3 Å². The monoisotopic (exact) mass is 757 g/mol. The highest BCUT2D eigenvalue weighted by Gasteiger charge is 2.19. The molecular formula is C53H31N3OS. The molecule has 8 aromatic carbocycles. The maximum Gasteiger partial charge on any atom is 0.160 e. The van der Waals surface area contributed by atoms with E-state index in [9.17, 15) is 0 Å². The van der Waals surface area contributed by atoms with Crippen molar-refractivity contribution >= 4 is 75.1 Å². The van der Waals surface area contributed by atoms with Crippen molar-refractivity contribution in [3.63, 3.8) is 0 Å². The summed E-state index contributed by atoms with van der Waals surface area (Å²) in [5.74, 6) is 0.663. The Bertz CT molecular complexity index is 3590. The van der Waals surface area contributed by atoms with Gasteiger partial charge >= 0.3 is 0 Å². The molecule has 4 heterocycles. The minimum Gasteiger partial charge on any atom is -0.455 e. The van der Waals surface area contributed by atoms with Crippen LogP contribution >= 0.6 is 11.3 Å². The minimum absolute atomic E-state index is 0.663. The van der Waals surface area contributed by atoms with Gasteiger partial charge in [0.2, 0.25) is 0 Å². The van der Waals surface area contributed by atoms with E-state index in [2.05, 4.69) is 152 Å². The van der Waals surface area contributed by atoms with Crippen LogP contribution in [0, 0.1) is 0 Å². The first-order valence-electron chi connectivity index (χ1n) is 19.4. The molecule has 0 saturated carbocycles. The Morgan fingerprint density at radius 1 is 0.379 bits per heavy atom. The van der Waals surface area contributed by atoms with Crippen LogP contribution in [-0.2, 0) is 0 Å². The van der Waals surface area contributed by atoms with E-state index in [1.54, 1.807) is 0 Å². The fourth-order valence-electron chi connectivity index (χ4n) is 8.59. The first-order chi connectivity index (χ1) is 28.7. The second-order valence-corrected chi connectivity index (χ2v) is 15.7. The summed E-state index contributed by atoms with van der Waals surface area (Å²) in [6.07, 6.45) is 0. The zero-order chi connectivity index (χ0) is 38.2. The summed E-state index contributed by atoms with van der Waals surface area (Å²) < 4.78 is 8.97. The predicted molar refractivity (Wildman–Crippen MR) is 242 cm³/mol. The molecule has 0 aliphatic rings. The Labute approximate surface area is 337 Å². The van der Waals surface area contributed by atoms with Crippen LogP contribution in [0.4, 0.5) is 0 Å². The molecule has 0 atom stereocenters. The highest BCUT2D eigenvalue weighted by atomic mass is 32.1. The van der Waals surface area contributed by atoms with E-state index in [1.165, 1.54) is 25.6 Å². The van der Waals surface area contributed by atoms with Crippen LogP contribution < -0.4 is 0 Å². The Balaban J connectivity index is 1.03. The minimum atomic E-state index is 0.663. The average molecular weight is 758 g/mol. The molecule has 270 valence electrons. The van der Waals surface area contributed by atoms with Gasteiger partial charge in [0.25, 0.3) is 0 Å². The molecule has 0 fully saturated rings. The molecule has 0 amide bonds. The fraction of sp³-hybridized carbons (Fsp3) is 0. The number of pyridine rings is 1. The van der Waals surface area contributed by atoms with Crippen LogP contribution in [0.25, 0.3) is 120 Å². The van der Waals surface area contributed by atoms with Gasteiger partial charge < -0.3 is 4.42 Å². The van der Waals surface area contributed by atoms with Crippen molar-refractivity contribution in [1.82, 2.24) is 15.0 Å². The van der Waals surface area contributed by atoms with Crippen LogP contribution in [-0.4, -0.2) is 15.0 Å². The summed E-state index contributed by atoms with van der Waals surface area (Å²) in [5.41, 5.74) is 11.7. The maximum atomic E-state index is 6.48. The van der Waals surface area contributed by atoms with Crippen LogP contribution in [0.5, 0.6) is 0 Å². The van der Waals surface area contributed by atoms with Crippen LogP contribution in [0.1, 0.15) is 0 Å². The number of para-hydroxylation sites is 2. The summed E-state index contributed by atoms with van der Waals surface area (Å²) in [5, 5.41) is 8.09. The van der Waals surface area contributed by atoms with Gasteiger partial charge in [-0.3, -0.25) is 0 Å². The predicted octanol–water partition coefficient (Wildman–Crippen LogP) is 14.8. The van der Waals surface area contributed by atoms with Gasteiger partial charge in [0.05, 0.1) is 27.3 Å². The summed E-state index contributed by atoms with van der Waals surface area (Å²) in [4.78, 5) is 15.8. The maximum absolute atomic E-state index is 6.48. The van der Waals surface area contributed by atoms with Crippen molar-refractivity contribution in [1.29, 1.82) is 0 Å². The average Bonchev–Trinajstić information content (AvgIpc) is 3.87. The van der Waals surface area contributed by atoms with E-state index in [1.807, 2.05) is 47.7 Å². The first-order valence-corrected chi connectivity index (χ1v) is 20.2. The third-order valence-electron chi connectivity index (χ3n) is 11.3. The number of benzene rings is 8. The van der Waals surface area contributed by atoms with E-state index in [-0.39, 0.29) is 0 Å². The molecule has 5 heteroatoms. The Morgan fingerprint density at radius 2 is 1.00 bits per heavy atom. The summed E-state index contributed by atoms with van der Waals surface area (Å²) in [6.45, 7) is 0. The fourth-order valence-corrected chi connectivity index (χ4v) is 9.77. The first kappa shape index (κ1) is 32.7. The lowest BCUT2D eigenvalue weighted by atomic mass is 9.91. The van der Waals surface area contributed by atoms with E-state index in [4.69, 9.17) is 19.4 Å². The number of aromatic nitrogens is 3. The number of fused-ring (bicyclic) bond motifs is 9. The largest absolute Gasteiger partial charge is 0.455 e. The zero-order valence-electron chi connectivity index (χ0n) is 31.1. The summed E-state index contributed by atoms with van der Waals surface area (Å²) >= 11 is 1.82. The molecule has 0 bridgehead atoms. The van der Waals surface area contributed by atoms with Gasteiger partial charge in [-0.25, -0.2) is 15.0 Å². The van der Waals surface area contributed by atoms with Crippen molar-refractivity contribution in [2.45, 2.75) is 0 Å². The van der Waals surface area contributed by atoms with Gasteiger partial charge in [-0.1, -0.05) is 158 Å². The molecular weight excluding hydrogens is 727 g/mol. The normalized spacial score (nSPS) is 11.8. The zero-order valence-corrected chi connectivity index (χ0v) is 31.9. The van der Waals surface area contributed by atoms with Gasteiger partial charge in [0.1, 0.15) is 11.2 Å². The van der Waals surface area contributed by atoms with E-state index in [0.29, 0.717) is 5.82 Å². The topological polar surface area (TPSA) is 51.8 Å². The van der Waals surface area contributed by atoms with Gasteiger partial charge in [-0.2, -0.15) is 0 Å². The molecule has 0 aliphatic heterocycles. The molecule has 0 spiro atoms. The Hall–Kier alpha value is -7.47. The summed E-state index contributed by atoms with van der Waals surface area (Å²) in [6, 6.07) is 66.0. The summed E-state index contributed by atoms with van der Waals surface area (Å²) in [7, 11) is 0. The van der Waals surface area contributed by atoms with Crippen molar-refractivity contribution in [2.75, 3.05) is 0 Å². The lowest BCUT2D eigenvalue weighted by Gasteiger charge is -2.15. The number of hydrogen-bond donors (Lipinski definition) is 0. The van der Waals surface area contributed by atoms with E-state index in [0.717, 1.165) is 88.7 Å². The number of thiophene rings is 1. The highest BCUT2D eigenvalue weighted by molar-refractivity contribution is 7.26. The van der Waals surface area contributed by atoms with Crippen molar-refractivity contribution in [3.05, 3.63) is 188 Å². The molecule has 0 radical (unpaired) electrons. The molecule has 0 saturated heterocycles. The van der Waals surface area contributed by atoms with Crippen LogP contribution in [0.15, 0.2) is 192 Å². The molecule has 4 aromatic heterocycles. The van der Waals surface area contributed by atoms with Crippen LogP contribution in [0.2, 0.25) is 0 Å². The smallest absolute Gasteiger partial charge is 0.160 e. The van der Waals surface area contributed by atoms with Gasteiger partial charge in [-0.15, -0.1) is 11.3 Å². The Kier molecular flexibility index (Phi) is 7.37. The number of furan rings is 1. The SMILES string of the molecule is c1ccc(-c2nc(-c3cccc(-c4ccc(-c5nc6c7ccccc7sc6c6ccccc56)c5ccccc45)c3)cc(-c3cccc4c3oc3ccccc34)n2)cc1. The molecule has 12 aromatic rings. The van der Waals surface area contributed by atoms with Gasteiger partial charge in [0, 0.05) is 53.9 Å². The second-order valence-electron chi connectivity index (χ2n) is 14.7. The van der Waals surface area contributed by atoms with Gasteiger partial charge in [0.15, 0.2) is 5.82 Å². The standard InChI is InChI=1S/C53H31N3OS/c1-2-14-32(15-3-1)53-54-45(31-46(55-53)43-25-13-24-41-38-20-8-10-26-47(38)57-51(41)43)34-17-12-16-33(30-34)35-28-29-40(37-19-5-4-18-36(35)37)49-39-21-6-7-22-42(39)52-50(56-49)44-23-9-11-27-48(44)58-52/h1-31H. The molecule has 0 aliphatic carbocycles. The number of rotatable bonds is 5. The molecule has 58 heavy (non-hydrogen) atoms. The van der Waals surface area contributed by atoms with Crippen LogP contribution in [0.3, 0.4) is 0 Å². The van der Waals surface area contributed by atoms with E-state index >= 15 is 0 Å². The third kappa shape index (κ3) is 5.18. The van der Waals surface area contributed by atoms with Crippen molar-refractivity contribution in [2.24, 2.45) is 0 Å². The second kappa shape index (κ2) is 13.1. The lowest BCUT2D eigenvalue weighted by molar-refractivity contribution is 0.670. The lowest BCUT2D eigenvalue weighted by Crippen LogP contribution is -1.96.